The first-order valence-electron chi connectivity index (χ1n) is 13.1. The van der Waals surface area contributed by atoms with Crippen molar-refractivity contribution in [2.24, 2.45) is 0 Å². The predicted octanol–water partition coefficient (Wildman–Crippen LogP) is 0.904. The van der Waals surface area contributed by atoms with Crippen molar-refractivity contribution < 1.29 is 33.6 Å². The van der Waals surface area contributed by atoms with E-state index < -0.39 is 52.2 Å². The predicted molar refractivity (Wildman–Crippen MR) is 156 cm³/mol. The summed E-state index contributed by atoms with van der Waals surface area (Å²) in [5, 5.41) is 50.9. The van der Waals surface area contributed by atoms with Crippen LogP contribution in [-0.4, -0.2) is 104 Å². The molecule has 1 unspecified atom stereocenters. The summed E-state index contributed by atoms with van der Waals surface area (Å²) in [4.78, 5) is 5.62. The van der Waals surface area contributed by atoms with Crippen LogP contribution in [0.25, 0.3) is 27.3 Å². The van der Waals surface area contributed by atoms with E-state index >= 15 is 0 Å². The Balaban J connectivity index is 1.29. The van der Waals surface area contributed by atoms with Crippen LogP contribution in [0.3, 0.4) is 0 Å². The Morgan fingerprint density at radius 3 is 2.46 bits per heavy atom. The molecule has 2 fully saturated rings. The molecule has 0 aliphatic carbocycles. The summed E-state index contributed by atoms with van der Waals surface area (Å²) in [5.74, 6) is 0. The number of hydrogen-bond donors (Lipinski definition) is 5. The fourth-order valence-corrected chi connectivity index (χ4v) is 6.87. The van der Waals surface area contributed by atoms with E-state index in [9.17, 15) is 34.1 Å². The zero-order chi connectivity index (χ0) is 29.3. The maximum atomic E-state index is 12.8. The number of ether oxygens (including phenoxy) is 1. The van der Waals surface area contributed by atoms with E-state index in [1.807, 2.05) is 12.1 Å². The molecule has 0 spiro atoms. The lowest BCUT2D eigenvalue weighted by atomic mass is 9.99. The second kappa shape index (κ2) is 12.1. The van der Waals surface area contributed by atoms with Crippen LogP contribution >= 0.6 is 11.3 Å². The maximum Gasteiger partial charge on any atom is 0.250 e. The van der Waals surface area contributed by atoms with Gasteiger partial charge in [-0.3, -0.25) is 0 Å². The summed E-state index contributed by atoms with van der Waals surface area (Å²) >= 11 is 1.34. The molecular weight excluding hydrogens is 568 g/mol. The van der Waals surface area contributed by atoms with Crippen molar-refractivity contribution in [1.29, 1.82) is 5.26 Å². The number of anilines is 1. The maximum absolute atomic E-state index is 12.8. The molecule has 2 aliphatic rings. The second-order valence-electron chi connectivity index (χ2n) is 10.2. The van der Waals surface area contributed by atoms with Gasteiger partial charge in [0.25, 0.3) is 10.0 Å². The molecule has 5 N–H and O–H groups in total. The fraction of sp³-hybridized carbons (Fsp3) is 0.393. The van der Waals surface area contributed by atoms with Gasteiger partial charge in [0.1, 0.15) is 30.5 Å². The van der Waals surface area contributed by atoms with Gasteiger partial charge in [-0.15, -0.1) is 11.3 Å². The highest BCUT2D eigenvalue weighted by Crippen LogP contribution is 2.33. The third kappa shape index (κ3) is 6.46. The van der Waals surface area contributed by atoms with Crippen molar-refractivity contribution in [3.63, 3.8) is 0 Å². The number of likely N-dealkylation sites (N-methyl/N-ethyl adjacent to an activating group) is 1. The van der Waals surface area contributed by atoms with Gasteiger partial charge in [0.2, 0.25) is 0 Å². The Morgan fingerprint density at radius 2 is 1.73 bits per heavy atom. The fourth-order valence-electron chi connectivity index (χ4n) is 4.90. The number of nitriles is 1. The number of aliphatic hydroxyl groups excluding tert-OH is 4. The summed E-state index contributed by atoms with van der Waals surface area (Å²) in [7, 11) is -2.18. The van der Waals surface area contributed by atoms with Crippen LogP contribution in [0.1, 0.15) is 4.88 Å². The molecule has 5 atom stereocenters. The first-order chi connectivity index (χ1) is 19.6. The van der Waals surface area contributed by atoms with Gasteiger partial charge < -0.3 is 35.0 Å². The molecule has 3 heterocycles. The number of aliphatic hydroxyl groups is 4. The Morgan fingerprint density at radius 1 is 1.02 bits per heavy atom. The summed E-state index contributed by atoms with van der Waals surface area (Å²) in [6.07, 6.45) is -6.98. The third-order valence-electron chi connectivity index (χ3n) is 7.44. The van der Waals surface area contributed by atoms with Crippen LogP contribution in [0, 0.1) is 11.3 Å². The quantitative estimate of drug-likeness (QED) is 0.246. The molecule has 2 aliphatic heterocycles. The normalized spacial score (nSPS) is 26.3. The average molecular weight is 601 g/mol. The molecule has 1 aromatic heterocycles. The largest absolute Gasteiger partial charge is 0.388 e. The van der Waals surface area contributed by atoms with Crippen LogP contribution in [0.2, 0.25) is 0 Å². The molecule has 0 amide bonds. The summed E-state index contributed by atoms with van der Waals surface area (Å²) in [6, 6.07) is 17.9. The van der Waals surface area contributed by atoms with Crippen LogP contribution in [-0.2, 0) is 14.8 Å². The molecule has 11 nitrogen and oxygen atoms in total. The molecule has 2 aromatic carbocycles. The van der Waals surface area contributed by atoms with Crippen LogP contribution in [0.5, 0.6) is 0 Å². The Labute approximate surface area is 242 Å². The minimum atomic E-state index is -4.31. The Kier molecular flexibility index (Phi) is 8.76. The lowest BCUT2D eigenvalue weighted by Gasteiger charge is -2.38. The SMILES string of the molecule is CN1CCN(c2ccc3cc(-c4ccc(/C=C(\C#N)S(=O)(=O)NC[C@H]5OC(O)[C@H](O)[C@@H](O)[C@@H]5O)s4)ccc3c2)CC1. The molecule has 0 radical (unpaired) electrons. The number of nitrogens with one attached hydrogen (secondary N) is 1. The van der Waals surface area contributed by atoms with Gasteiger partial charge in [0.05, 0.1) is 0 Å². The van der Waals surface area contributed by atoms with Gasteiger partial charge in [-0.05, 0) is 59.8 Å². The standard InChI is InChI=1S/C28H32N4O7S2/c1-31-8-10-32(11-9-31)20-5-4-17-12-19(3-2-18(17)13-20)24-7-6-21(40-24)14-22(15-29)41(37,38)30-16-23-25(33)26(34)27(35)28(36)39-23/h2-7,12-14,23,25-28,30,33-36H,8-11,16H2,1H3/b22-14+/t23-,25-,26+,27-,28?/m1/s1. The van der Waals surface area contributed by atoms with Crippen molar-refractivity contribution in [2.75, 3.05) is 44.7 Å². The van der Waals surface area contributed by atoms with Gasteiger partial charge in [0.15, 0.2) is 11.2 Å². The zero-order valence-electron chi connectivity index (χ0n) is 22.3. The minimum absolute atomic E-state index is 0.535. The van der Waals surface area contributed by atoms with Crippen molar-refractivity contribution in [3.8, 4) is 16.5 Å². The highest BCUT2D eigenvalue weighted by atomic mass is 32.2. The van der Waals surface area contributed by atoms with Crippen LogP contribution < -0.4 is 9.62 Å². The minimum Gasteiger partial charge on any atom is -0.388 e. The van der Waals surface area contributed by atoms with E-state index in [0.717, 1.165) is 47.4 Å². The van der Waals surface area contributed by atoms with E-state index in [1.165, 1.54) is 23.1 Å². The Hall–Kier alpha value is -2.90. The van der Waals surface area contributed by atoms with Crippen molar-refractivity contribution in [2.45, 2.75) is 30.7 Å². The zero-order valence-corrected chi connectivity index (χ0v) is 23.9. The highest BCUT2D eigenvalue weighted by molar-refractivity contribution is 7.93. The average Bonchev–Trinajstić information content (AvgIpc) is 3.44. The molecule has 3 aromatic rings. The first kappa shape index (κ1) is 29.6. The molecule has 41 heavy (non-hydrogen) atoms. The lowest BCUT2D eigenvalue weighted by Crippen LogP contribution is -2.59. The number of nitrogens with zero attached hydrogens (tertiary/aromatic N) is 3. The number of fused-ring (bicyclic) bond motifs is 1. The van der Waals surface area contributed by atoms with E-state index in [-0.39, 0.29) is 0 Å². The van der Waals surface area contributed by atoms with Gasteiger partial charge in [0, 0.05) is 48.2 Å². The number of sulfonamides is 1. The molecule has 2 saturated heterocycles. The Bertz CT molecular complexity index is 1580. The van der Waals surface area contributed by atoms with Crippen molar-refractivity contribution in [3.05, 3.63) is 58.3 Å². The van der Waals surface area contributed by atoms with Gasteiger partial charge >= 0.3 is 0 Å². The highest BCUT2D eigenvalue weighted by Gasteiger charge is 2.43. The van der Waals surface area contributed by atoms with E-state index in [0.29, 0.717) is 4.88 Å². The number of thiophene rings is 1. The second-order valence-corrected chi connectivity index (χ2v) is 13.1. The molecule has 218 valence electrons. The van der Waals surface area contributed by atoms with E-state index in [4.69, 9.17) is 4.74 Å². The molecule has 5 rings (SSSR count). The van der Waals surface area contributed by atoms with Crippen LogP contribution in [0.4, 0.5) is 5.69 Å². The van der Waals surface area contributed by atoms with Crippen molar-refractivity contribution >= 4 is 43.9 Å². The van der Waals surface area contributed by atoms with Crippen molar-refractivity contribution in [1.82, 2.24) is 9.62 Å². The molecule has 0 saturated carbocycles. The molecule has 13 heteroatoms. The van der Waals surface area contributed by atoms with Gasteiger partial charge in [-0.25, -0.2) is 13.1 Å². The van der Waals surface area contributed by atoms with Gasteiger partial charge in [-0.1, -0.05) is 18.2 Å². The number of rotatable bonds is 7. The third-order valence-corrected chi connectivity index (χ3v) is 9.85. The number of piperazine rings is 1. The topological polar surface area (TPSA) is 167 Å². The number of hydrogen-bond acceptors (Lipinski definition) is 11. The summed E-state index contributed by atoms with van der Waals surface area (Å²) in [5.41, 5.74) is 2.17. The van der Waals surface area contributed by atoms with Crippen LogP contribution in [0.15, 0.2) is 53.4 Å². The summed E-state index contributed by atoms with van der Waals surface area (Å²) in [6.45, 7) is 3.53. The van der Waals surface area contributed by atoms with E-state index in [2.05, 4.69) is 51.9 Å². The molecular formula is C28H32N4O7S2. The number of benzene rings is 2. The van der Waals surface area contributed by atoms with E-state index in [1.54, 1.807) is 12.1 Å². The smallest absolute Gasteiger partial charge is 0.250 e. The monoisotopic (exact) mass is 600 g/mol. The lowest BCUT2D eigenvalue weighted by molar-refractivity contribution is -0.279. The first-order valence-corrected chi connectivity index (χ1v) is 15.4. The van der Waals surface area contributed by atoms with Gasteiger partial charge in [-0.2, -0.15) is 5.26 Å². The number of allylic oxidation sites excluding steroid dienone is 1. The summed E-state index contributed by atoms with van der Waals surface area (Å²) < 4.78 is 32.8. The molecule has 0 bridgehead atoms.